The van der Waals surface area contributed by atoms with Crippen LogP contribution in [0.25, 0.3) is 0 Å². The van der Waals surface area contributed by atoms with E-state index in [2.05, 4.69) is 11.9 Å². The molecule has 0 aromatic rings. The second-order valence-corrected chi connectivity index (χ2v) is 9.79. The van der Waals surface area contributed by atoms with Crippen LogP contribution in [-0.4, -0.2) is 51.3 Å². The predicted molar refractivity (Wildman–Crippen MR) is 38.6 cm³/mol. The Morgan fingerprint density at radius 1 is 1.12 bits per heavy atom. The first-order chi connectivity index (χ1) is 3.89. The fraction of sp³-hybridized carbons (Fsp3) is 1.00. The molecule has 3 heteroatoms. The molecule has 0 aromatic carbocycles. The van der Waals surface area contributed by atoms with Crippen LogP contribution < -0.4 is 0 Å². The maximum atomic E-state index is 2.45. The maximum absolute atomic E-state index is 2.45. The zero-order chi connectivity index (χ0) is 5.82. The second-order valence-electron chi connectivity index (χ2n) is 1.95. The van der Waals surface area contributed by atoms with E-state index >= 15 is 0 Å². The Labute approximate surface area is 62.1 Å². The molecule has 0 N–H and O–H groups in total. The zero-order valence-electron chi connectivity index (χ0n) is 5.09. The van der Waals surface area contributed by atoms with Crippen LogP contribution in [0.2, 0.25) is 10.6 Å². The van der Waals surface area contributed by atoms with Gasteiger partial charge in [0, 0.05) is 0 Å². The summed E-state index contributed by atoms with van der Waals surface area (Å²) in [7, 11) is 2.23. The quantitative estimate of drug-likeness (QED) is 0.545. The molecule has 1 aliphatic rings. The van der Waals surface area contributed by atoms with Crippen LogP contribution in [0.15, 0.2) is 0 Å². The molecule has 1 rings (SSSR count). The number of hydrogen-bond acceptors (Lipinski definition) is 1. The molecule has 0 bridgehead atoms. The van der Waals surface area contributed by atoms with E-state index in [0.29, 0.717) is 0 Å². The fourth-order valence-electron chi connectivity index (χ4n) is 0.616. The van der Waals surface area contributed by atoms with Gasteiger partial charge in [-0.2, -0.15) is 0 Å². The van der Waals surface area contributed by atoms with Gasteiger partial charge in [-0.3, -0.25) is 0 Å². The Bertz CT molecular complexity index is 59.4. The molecule has 8 heavy (non-hydrogen) atoms. The van der Waals surface area contributed by atoms with Crippen LogP contribution in [0.4, 0.5) is 0 Å². The molecule has 1 nitrogen and oxygen atoms in total. The normalized spacial score (nSPS) is 25.1. The first-order valence-corrected chi connectivity index (χ1v) is 9.58. The third-order valence-electron chi connectivity index (χ3n) is 1.20. The molecule has 0 radical (unpaired) electrons. The molecule has 1 fully saturated rings. The van der Waals surface area contributed by atoms with Gasteiger partial charge in [0.2, 0.25) is 0 Å². The van der Waals surface area contributed by atoms with Crippen molar-refractivity contribution in [3.05, 3.63) is 0 Å². The van der Waals surface area contributed by atoms with Crippen LogP contribution in [0.5, 0.6) is 0 Å². The Morgan fingerprint density at radius 2 is 1.62 bits per heavy atom. The van der Waals surface area contributed by atoms with Crippen LogP contribution in [0.3, 0.4) is 0 Å². The number of hydrogen-bond donors (Lipinski definition) is 0. The first kappa shape index (κ1) is 7.11. The molecular formula is C5H11NSe2. The molecule has 1 heterocycles. The van der Waals surface area contributed by atoms with Gasteiger partial charge in [0.05, 0.1) is 0 Å². The molecule has 0 spiro atoms. The van der Waals surface area contributed by atoms with Gasteiger partial charge in [0.25, 0.3) is 0 Å². The van der Waals surface area contributed by atoms with Crippen molar-refractivity contribution in [2.24, 2.45) is 0 Å². The predicted octanol–water partition coefficient (Wildman–Crippen LogP) is 0.0918. The van der Waals surface area contributed by atoms with Gasteiger partial charge in [-0.25, -0.2) is 0 Å². The summed E-state index contributed by atoms with van der Waals surface area (Å²) in [4.78, 5) is 2.45. The Hall–Kier alpha value is 0.999. The van der Waals surface area contributed by atoms with Gasteiger partial charge in [-0.1, -0.05) is 0 Å². The van der Waals surface area contributed by atoms with Crippen LogP contribution in [0, 0.1) is 0 Å². The van der Waals surface area contributed by atoms with Gasteiger partial charge in [0.15, 0.2) is 0 Å². The van der Waals surface area contributed by atoms with Gasteiger partial charge in [-0.05, 0) is 0 Å². The average molecular weight is 243 g/mol. The molecule has 1 aliphatic heterocycles. The van der Waals surface area contributed by atoms with Crippen molar-refractivity contribution in [2.45, 2.75) is 10.6 Å². The Kier molecular flexibility index (Phi) is 3.48. The topological polar surface area (TPSA) is 3.24 Å². The van der Waals surface area contributed by atoms with Crippen LogP contribution in [0.1, 0.15) is 0 Å². The van der Waals surface area contributed by atoms with Crippen molar-refractivity contribution in [1.29, 1.82) is 0 Å². The minimum atomic E-state index is 1.04. The third kappa shape index (κ3) is 2.52. The summed E-state index contributed by atoms with van der Waals surface area (Å²) in [5.41, 5.74) is 0. The van der Waals surface area contributed by atoms with E-state index in [1.807, 2.05) is 0 Å². The van der Waals surface area contributed by atoms with E-state index in [9.17, 15) is 0 Å². The van der Waals surface area contributed by atoms with Gasteiger partial charge >= 0.3 is 61.9 Å². The van der Waals surface area contributed by atoms with Gasteiger partial charge < -0.3 is 0 Å². The third-order valence-corrected chi connectivity index (χ3v) is 8.46. The first-order valence-electron chi connectivity index (χ1n) is 2.82. The van der Waals surface area contributed by atoms with E-state index in [-0.39, 0.29) is 0 Å². The SMILES string of the molecule is CN1CC[Se][Se]CC1. The van der Waals surface area contributed by atoms with Crippen molar-refractivity contribution in [3.63, 3.8) is 0 Å². The standard InChI is InChI=1S/C5H11NSe2/c1-6-2-4-7-8-5-3-6/h2-5H2,1H3. The van der Waals surface area contributed by atoms with Gasteiger partial charge in [-0.15, -0.1) is 0 Å². The van der Waals surface area contributed by atoms with E-state index in [4.69, 9.17) is 0 Å². The van der Waals surface area contributed by atoms with E-state index < -0.39 is 0 Å². The second kappa shape index (κ2) is 3.92. The summed E-state index contributed by atoms with van der Waals surface area (Å²) < 4.78 is 0. The summed E-state index contributed by atoms with van der Waals surface area (Å²) >= 11 is 2.08. The molecule has 0 aromatic heterocycles. The van der Waals surface area contributed by atoms with Crippen molar-refractivity contribution in [2.75, 3.05) is 20.1 Å². The molecule has 0 amide bonds. The molecule has 0 aliphatic carbocycles. The number of nitrogens with zero attached hydrogens (tertiary/aromatic N) is 1. The molecule has 48 valence electrons. The van der Waals surface area contributed by atoms with Crippen molar-refractivity contribution in [3.8, 4) is 0 Å². The monoisotopic (exact) mass is 245 g/mol. The zero-order valence-corrected chi connectivity index (χ0v) is 8.52. The summed E-state index contributed by atoms with van der Waals surface area (Å²) in [5.74, 6) is 0. The summed E-state index contributed by atoms with van der Waals surface area (Å²) in [6.07, 6.45) is 0. The Morgan fingerprint density at radius 3 is 2.12 bits per heavy atom. The fourth-order valence-corrected chi connectivity index (χ4v) is 6.93. The van der Waals surface area contributed by atoms with Crippen LogP contribution >= 0.6 is 0 Å². The van der Waals surface area contributed by atoms with Gasteiger partial charge in [0.1, 0.15) is 0 Å². The molecule has 0 atom stereocenters. The van der Waals surface area contributed by atoms with E-state index in [0.717, 1.165) is 26.3 Å². The van der Waals surface area contributed by atoms with E-state index in [1.54, 1.807) is 0 Å². The molecule has 0 unspecified atom stereocenters. The molecule has 1 saturated heterocycles. The van der Waals surface area contributed by atoms with Crippen molar-refractivity contribution >= 4 is 26.3 Å². The van der Waals surface area contributed by atoms with Crippen LogP contribution in [-0.2, 0) is 0 Å². The molecular weight excluding hydrogens is 232 g/mol. The average Bonchev–Trinajstić information content (AvgIpc) is 1.94. The number of rotatable bonds is 0. The van der Waals surface area contributed by atoms with Crippen molar-refractivity contribution in [1.82, 2.24) is 4.90 Å². The summed E-state index contributed by atoms with van der Waals surface area (Å²) in [6, 6.07) is 0. The Balaban J connectivity index is 2.17. The summed E-state index contributed by atoms with van der Waals surface area (Å²) in [5, 5.41) is 3.01. The molecule has 0 saturated carbocycles. The van der Waals surface area contributed by atoms with Crippen molar-refractivity contribution < 1.29 is 0 Å². The van der Waals surface area contributed by atoms with E-state index in [1.165, 1.54) is 23.7 Å². The minimum absolute atomic E-state index is 1.04. The summed E-state index contributed by atoms with van der Waals surface area (Å²) in [6.45, 7) is 2.73.